The molecule has 1 atom stereocenters. The highest BCUT2D eigenvalue weighted by atomic mass is 79.9. The third-order valence-corrected chi connectivity index (χ3v) is 6.42. The smallest absolute Gasteiger partial charge is 0.307 e. The Hall–Kier alpha value is -0.0700. The van der Waals surface area contributed by atoms with E-state index >= 15 is 0 Å². The normalized spacial score (nSPS) is 30.2. The lowest BCUT2D eigenvalue weighted by molar-refractivity contribution is -0.182. The van der Waals surface area contributed by atoms with Gasteiger partial charge in [0.1, 0.15) is 0 Å². The van der Waals surface area contributed by atoms with Gasteiger partial charge in [0.25, 0.3) is 0 Å². The quantitative estimate of drug-likeness (QED) is 0.702. The molecule has 21 heavy (non-hydrogen) atoms. The summed E-state index contributed by atoms with van der Waals surface area (Å²) in [6.07, 6.45) is 1.20. The van der Waals surface area contributed by atoms with Gasteiger partial charge >= 0.3 is 6.18 Å². The lowest BCUT2D eigenvalue weighted by Crippen LogP contribution is -2.39. The highest BCUT2D eigenvalue weighted by molar-refractivity contribution is 9.11. The minimum atomic E-state index is -4.01. The lowest BCUT2D eigenvalue weighted by Gasteiger charge is -2.34. The van der Waals surface area contributed by atoms with E-state index in [0.29, 0.717) is 18.9 Å². The molecule has 2 aliphatic rings. The molecule has 1 unspecified atom stereocenters. The Balaban J connectivity index is 1.59. The number of hydrogen-bond donors (Lipinski definition) is 1. The van der Waals surface area contributed by atoms with E-state index in [0.717, 1.165) is 23.0 Å². The maximum atomic E-state index is 12.7. The minimum Gasteiger partial charge on any atom is -0.307 e. The zero-order valence-corrected chi connectivity index (χ0v) is 14.1. The first-order valence-corrected chi connectivity index (χ1v) is 9.15. The van der Waals surface area contributed by atoms with Crippen molar-refractivity contribution in [2.45, 2.75) is 63.2 Å². The molecule has 0 saturated heterocycles. The molecule has 0 aliphatic heterocycles. The molecule has 0 spiro atoms. The Bertz CT molecular complexity index is 492. The molecular formula is C15H19BrF3NS. The Morgan fingerprint density at radius 2 is 1.86 bits per heavy atom. The van der Waals surface area contributed by atoms with Crippen LogP contribution in [0.15, 0.2) is 9.85 Å². The molecule has 1 saturated carbocycles. The third-order valence-electron chi connectivity index (χ3n) is 4.71. The fourth-order valence-corrected chi connectivity index (χ4v) is 5.39. The van der Waals surface area contributed by atoms with Gasteiger partial charge in [-0.1, -0.05) is 0 Å². The van der Waals surface area contributed by atoms with E-state index in [1.54, 1.807) is 11.3 Å². The van der Waals surface area contributed by atoms with Crippen molar-refractivity contribution in [2.24, 2.45) is 5.92 Å². The van der Waals surface area contributed by atoms with Gasteiger partial charge in [0.15, 0.2) is 0 Å². The Morgan fingerprint density at radius 3 is 2.52 bits per heavy atom. The molecule has 0 bridgehead atoms. The Morgan fingerprint density at radius 1 is 1.14 bits per heavy atom. The lowest BCUT2D eigenvalue weighted by atomic mass is 9.84. The van der Waals surface area contributed by atoms with Gasteiger partial charge in [0.2, 0.25) is 0 Å². The van der Waals surface area contributed by atoms with Crippen LogP contribution in [0, 0.1) is 5.92 Å². The van der Waals surface area contributed by atoms with Gasteiger partial charge in [-0.2, -0.15) is 13.2 Å². The number of aryl methyl sites for hydroxylation is 1. The second kappa shape index (κ2) is 6.20. The summed E-state index contributed by atoms with van der Waals surface area (Å²) in [5.74, 6) is -1.09. The minimum absolute atomic E-state index is 0.234. The summed E-state index contributed by atoms with van der Waals surface area (Å²) in [7, 11) is 0. The SMILES string of the molecule is FC(F)(F)C1CCC(NC2CCCc3sc(Br)cc32)CC1. The van der Waals surface area contributed by atoms with Crippen LogP contribution in [0.25, 0.3) is 0 Å². The molecule has 3 rings (SSSR count). The predicted octanol–water partition coefficient (Wildman–Crippen LogP) is 5.60. The first-order chi connectivity index (χ1) is 9.93. The average molecular weight is 382 g/mol. The molecule has 0 aromatic carbocycles. The van der Waals surface area contributed by atoms with Crippen LogP contribution in [-0.4, -0.2) is 12.2 Å². The van der Waals surface area contributed by atoms with Crippen molar-refractivity contribution in [2.75, 3.05) is 0 Å². The van der Waals surface area contributed by atoms with E-state index in [9.17, 15) is 13.2 Å². The van der Waals surface area contributed by atoms with Gasteiger partial charge in [-0.15, -0.1) is 11.3 Å². The first kappa shape index (κ1) is 15.8. The molecule has 1 N–H and O–H groups in total. The molecule has 1 fully saturated rings. The van der Waals surface area contributed by atoms with E-state index in [2.05, 4.69) is 27.3 Å². The van der Waals surface area contributed by atoms with E-state index in [1.165, 1.54) is 10.4 Å². The fourth-order valence-electron chi connectivity index (χ4n) is 3.57. The molecule has 1 aromatic heterocycles. The highest BCUT2D eigenvalue weighted by Gasteiger charge is 2.41. The van der Waals surface area contributed by atoms with E-state index in [4.69, 9.17) is 0 Å². The topological polar surface area (TPSA) is 12.0 Å². The molecule has 0 amide bonds. The van der Waals surface area contributed by atoms with Gasteiger partial charge in [0.05, 0.1) is 9.70 Å². The monoisotopic (exact) mass is 381 g/mol. The van der Waals surface area contributed by atoms with E-state index < -0.39 is 12.1 Å². The predicted molar refractivity (Wildman–Crippen MR) is 82.6 cm³/mol. The van der Waals surface area contributed by atoms with Gasteiger partial charge in [-0.05, 0) is 72.5 Å². The number of hydrogen-bond acceptors (Lipinski definition) is 2. The van der Waals surface area contributed by atoms with Crippen molar-refractivity contribution in [3.05, 3.63) is 20.3 Å². The van der Waals surface area contributed by atoms with Gasteiger partial charge in [-0.25, -0.2) is 0 Å². The summed E-state index contributed by atoms with van der Waals surface area (Å²) in [4.78, 5) is 1.43. The van der Waals surface area contributed by atoms with Gasteiger partial charge in [-0.3, -0.25) is 0 Å². The van der Waals surface area contributed by atoms with E-state index in [1.807, 2.05) is 0 Å². The third kappa shape index (κ3) is 3.64. The van der Waals surface area contributed by atoms with Crippen LogP contribution in [0.1, 0.15) is 55.0 Å². The Labute approximate surface area is 135 Å². The summed E-state index contributed by atoms with van der Waals surface area (Å²) in [6, 6.07) is 2.74. The standard InChI is InChI=1S/C15H19BrF3NS/c16-14-8-11-12(2-1-3-13(11)21-14)20-10-6-4-9(5-7-10)15(17,18)19/h8-10,12,20H,1-7H2. The molecular weight excluding hydrogens is 363 g/mol. The largest absolute Gasteiger partial charge is 0.391 e. The molecule has 1 aromatic rings. The van der Waals surface area contributed by atoms with Crippen molar-refractivity contribution < 1.29 is 13.2 Å². The molecule has 6 heteroatoms. The number of fused-ring (bicyclic) bond motifs is 1. The van der Waals surface area contributed by atoms with Crippen molar-refractivity contribution in [3.63, 3.8) is 0 Å². The van der Waals surface area contributed by atoms with Crippen LogP contribution in [0.2, 0.25) is 0 Å². The summed E-state index contributed by atoms with van der Waals surface area (Å²) >= 11 is 5.33. The molecule has 118 valence electrons. The van der Waals surface area contributed by atoms with Crippen molar-refractivity contribution in [3.8, 4) is 0 Å². The molecule has 1 heterocycles. The van der Waals surface area contributed by atoms with Crippen LogP contribution in [0.5, 0.6) is 0 Å². The summed E-state index contributed by atoms with van der Waals surface area (Å²) in [5.41, 5.74) is 1.36. The highest BCUT2D eigenvalue weighted by Crippen LogP contribution is 2.41. The maximum absolute atomic E-state index is 12.7. The van der Waals surface area contributed by atoms with Crippen molar-refractivity contribution in [1.29, 1.82) is 0 Å². The number of alkyl halides is 3. The zero-order valence-electron chi connectivity index (χ0n) is 11.7. The van der Waals surface area contributed by atoms with Crippen LogP contribution >= 0.6 is 27.3 Å². The van der Waals surface area contributed by atoms with Crippen LogP contribution < -0.4 is 5.32 Å². The summed E-state index contributed by atoms with van der Waals surface area (Å²) < 4.78 is 39.3. The number of halogens is 4. The van der Waals surface area contributed by atoms with Crippen LogP contribution in [0.4, 0.5) is 13.2 Å². The van der Waals surface area contributed by atoms with Crippen LogP contribution in [0.3, 0.4) is 0 Å². The summed E-state index contributed by atoms with van der Waals surface area (Å²) in [5, 5.41) is 3.62. The van der Waals surface area contributed by atoms with E-state index in [-0.39, 0.29) is 18.9 Å². The number of nitrogens with one attached hydrogen (secondary N) is 1. The fraction of sp³-hybridized carbons (Fsp3) is 0.733. The number of thiophene rings is 1. The van der Waals surface area contributed by atoms with Gasteiger partial charge < -0.3 is 5.32 Å². The zero-order chi connectivity index (χ0) is 15.0. The maximum Gasteiger partial charge on any atom is 0.391 e. The summed E-state index contributed by atoms with van der Waals surface area (Å²) in [6.45, 7) is 0. The van der Waals surface area contributed by atoms with Crippen molar-refractivity contribution >= 4 is 27.3 Å². The second-order valence-electron chi connectivity index (χ2n) is 6.13. The van der Waals surface area contributed by atoms with Gasteiger partial charge in [0, 0.05) is 17.0 Å². The first-order valence-electron chi connectivity index (χ1n) is 7.54. The molecule has 2 aliphatic carbocycles. The van der Waals surface area contributed by atoms with Crippen molar-refractivity contribution in [1.82, 2.24) is 5.32 Å². The molecule has 0 radical (unpaired) electrons. The average Bonchev–Trinajstić information content (AvgIpc) is 2.80. The Kier molecular flexibility index (Phi) is 4.67. The number of rotatable bonds is 2. The second-order valence-corrected chi connectivity index (χ2v) is 8.65. The molecule has 1 nitrogen and oxygen atoms in total. The van der Waals surface area contributed by atoms with Crippen LogP contribution in [-0.2, 0) is 6.42 Å².